The highest BCUT2D eigenvalue weighted by atomic mass is 16.4. The van der Waals surface area contributed by atoms with Crippen molar-refractivity contribution < 1.29 is 19.5 Å². The maximum atomic E-state index is 13.4. The number of nitrogen functional groups attached to an aromatic ring is 1. The Bertz CT molecular complexity index is 1320. The first-order chi connectivity index (χ1) is 17.7. The lowest BCUT2D eigenvalue weighted by molar-refractivity contribution is -0.142. The fraction of sp³-hybridized carbons (Fsp3) is 0.214. The van der Waals surface area contributed by atoms with E-state index in [1.165, 1.54) is 0 Å². The molecule has 1 heterocycles. The highest BCUT2D eigenvalue weighted by molar-refractivity contribution is 6.05. The summed E-state index contributed by atoms with van der Waals surface area (Å²) in [6.07, 6.45) is 0.303. The first-order valence-corrected chi connectivity index (χ1v) is 11.9. The number of amidine groups is 1. The van der Waals surface area contributed by atoms with Crippen molar-refractivity contribution in [1.29, 1.82) is 5.41 Å². The Morgan fingerprint density at radius 1 is 1.05 bits per heavy atom. The summed E-state index contributed by atoms with van der Waals surface area (Å²) >= 11 is 0. The van der Waals surface area contributed by atoms with E-state index in [2.05, 4.69) is 5.32 Å². The minimum atomic E-state index is -1.05. The molecule has 9 nitrogen and oxygen atoms in total. The van der Waals surface area contributed by atoms with Crippen LogP contribution in [0.25, 0.3) is 0 Å². The van der Waals surface area contributed by atoms with Gasteiger partial charge in [0.15, 0.2) is 0 Å². The molecule has 2 amide bonds. The van der Waals surface area contributed by atoms with Gasteiger partial charge in [-0.05, 0) is 60.0 Å². The van der Waals surface area contributed by atoms with E-state index in [9.17, 15) is 19.5 Å². The molecule has 4 rings (SSSR count). The predicted octanol–water partition coefficient (Wildman–Crippen LogP) is 3.09. The molecule has 9 heteroatoms. The van der Waals surface area contributed by atoms with Gasteiger partial charge in [0.2, 0.25) is 5.91 Å². The van der Waals surface area contributed by atoms with Crippen LogP contribution in [0.1, 0.15) is 33.5 Å². The molecule has 0 aromatic heterocycles. The topological polar surface area (TPSA) is 140 Å². The van der Waals surface area contributed by atoms with Crippen molar-refractivity contribution in [3.05, 3.63) is 95.1 Å². The summed E-state index contributed by atoms with van der Waals surface area (Å²) in [5, 5.41) is 19.8. The number of fused-ring (bicyclic) bond motifs is 1. The summed E-state index contributed by atoms with van der Waals surface area (Å²) in [5.74, 6) is -1.69. The number of carbonyl (C=O) groups is 3. The van der Waals surface area contributed by atoms with Crippen molar-refractivity contribution >= 4 is 35.0 Å². The average molecular weight is 500 g/mol. The van der Waals surface area contributed by atoms with Gasteiger partial charge in [0, 0.05) is 42.6 Å². The quantitative estimate of drug-likeness (QED) is 0.277. The summed E-state index contributed by atoms with van der Waals surface area (Å²) in [6.45, 7) is 0.682. The highest BCUT2D eigenvalue weighted by Crippen LogP contribution is 2.30. The van der Waals surface area contributed by atoms with E-state index in [4.69, 9.17) is 11.1 Å². The first-order valence-electron chi connectivity index (χ1n) is 11.9. The Morgan fingerprint density at radius 2 is 1.73 bits per heavy atom. The summed E-state index contributed by atoms with van der Waals surface area (Å²) in [6, 6.07) is 20.8. The molecule has 0 unspecified atom stereocenters. The minimum Gasteiger partial charge on any atom is -0.481 e. The smallest absolute Gasteiger partial charge is 0.305 e. The van der Waals surface area contributed by atoms with Crippen molar-refractivity contribution in [3.8, 4) is 0 Å². The largest absolute Gasteiger partial charge is 0.481 e. The van der Waals surface area contributed by atoms with Gasteiger partial charge in [0.25, 0.3) is 5.91 Å². The van der Waals surface area contributed by atoms with Crippen LogP contribution in [0, 0.1) is 5.41 Å². The number of amides is 2. The van der Waals surface area contributed by atoms with Crippen LogP contribution in [0.3, 0.4) is 0 Å². The number of carboxylic acids is 1. The highest BCUT2D eigenvalue weighted by Gasteiger charge is 2.34. The van der Waals surface area contributed by atoms with Gasteiger partial charge in [0.05, 0.1) is 6.42 Å². The molecular weight excluding hydrogens is 470 g/mol. The van der Waals surface area contributed by atoms with Gasteiger partial charge in [-0.15, -0.1) is 0 Å². The minimum absolute atomic E-state index is 0.0553. The molecule has 37 heavy (non-hydrogen) atoms. The molecule has 0 fully saturated rings. The van der Waals surface area contributed by atoms with E-state index >= 15 is 0 Å². The third-order valence-electron chi connectivity index (χ3n) is 6.48. The van der Waals surface area contributed by atoms with Crippen molar-refractivity contribution in [2.45, 2.75) is 25.4 Å². The van der Waals surface area contributed by atoms with Crippen molar-refractivity contribution in [3.63, 3.8) is 0 Å². The number of nitrogens with zero attached hydrogens (tertiary/aromatic N) is 2. The van der Waals surface area contributed by atoms with Crippen molar-refractivity contribution in [1.82, 2.24) is 4.90 Å². The van der Waals surface area contributed by atoms with Gasteiger partial charge in [-0.2, -0.15) is 0 Å². The molecule has 190 valence electrons. The third-order valence-corrected chi connectivity index (χ3v) is 6.48. The molecule has 1 aliphatic heterocycles. The maximum Gasteiger partial charge on any atom is 0.305 e. The zero-order valence-electron chi connectivity index (χ0n) is 20.5. The van der Waals surface area contributed by atoms with Crippen LogP contribution in [-0.2, 0) is 22.6 Å². The molecule has 0 saturated heterocycles. The van der Waals surface area contributed by atoms with E-state index < -0.39 is 12.0 Å². The van der Waals surface area contributed by atoms with Crippen LogP contribution in [0.5, 0.6) is 0 Å². The molecule has 3 aromatic carbocycles. The Morgan fingerprint density at radius 3 is 2.38 bits per heavy atom. The Balaban J connectivity index is 1.60. The predicted molar refractivity (Wildman–Crippen MR) is 142 cm³/mol. The second-order valence-corrected chi connectivity index (χ2v) is 9.01. The first kappa shape index (κ1) is 25.4. The molecule has 0 spiro atoms. The number of carbonyl (C=O) groups excluding carboxylic acids is 2. The van der Waals surface area contributed by atoms with Crippen LogP contribution in [0.15, 0.2) is 72.8 Å². The van der Waals surface area contributed by atoms with Crippen LogP contribution in [0.4, 0.5) is 11.4 Å². The fourth-order valence-corrected chi connectivity index (χ4v) is 4.45. The SMILES string of the molecule is CN1c2ccc(C(=O)Nc3ccc(C(=N)N)cc3)cc2CN(CCc2ccccc2)C(=O)[C@H]1CC(=O)O. The van der Waals surface area contributed by atoms with Gasteiger partial charge in [0.1, 0.15) is 11.9 Å². The number of hydrogen-bond donors (Lipinski definition) is 4. The standard InChI is InChI=1S/C28H29N5O4/c1-32-23-12-9-20(27(36)31-22-10-7-19(8-11-22)26(29)30)15-21(23)17-33(28(37)24(32)16-25(34)35)14-13-18-5-3-2-4-6-18/h2-12,15,24H,13-14,16-17H2,1H3,(H3,29,30)(H,31,36)(H,34,35)/t24-/m1/s1. The Labute approximate surface area is 215 Å². The molecule has 5 N–H and O–H groups in total. The molecule has 0 bridgehead atoms. The van der Waals surface area contributed by atoms with Crippen molar-refractivity contribution in [2.75, 3.05) is 23.8 Å². The van der Waals surface area contributed by atoms with Gasteiger partial charge in [-0.1, -0.05) is 30.3 Å². The Kier molecular flexibility index (Phi) is 7.52. The van der Waals surface area contributed by atoms with E-state index in [0.29, 0.717) is 35.5 Å². The number of anilines is 2. The van der Waals surface area contributed by atoms with E-state index in [1.807, 2.05) is 30.3 Å². The van der Waals surface area contributed by atoms with Gasteiger partial charge in [-0.3, -0.25) is 19.8 Å². The second-order valence-electron chi connectivity index (χ2n) is 9.01. The van der Waals surface area contributed by atoms with Crippen LogP contribution in [0.2, 0.25) is 0 Å². The van der Waals surface area contributed by atoms with E-state index in [1.54, 1.807) is 59.3 Å². The lowest BCUT2D eigenvalue weighted by Gasteiger charge is -2.29. The maximum absolute atomic E-state index is 13.4. The molecule has 1 atom stereocenters. The average Bonchev–Trinajstić information content (AvgIpc) is 2.98. The lowest BCUT2D eigenvalue weighted by atomic mass is 10.1. The number of carboxylic acid groups (broad SMARTS) is 1. The van der Waals surface area contributed by atoms with Gasteiger partial charge in [-0.25, -0.2) is 0 Å². The molecule has 0 saturated carbocycles. The number of rotatable bonds is 8. The van der Waals surface area contributed by atoms with Crippen LogP contribution >= 0.6 is 0 Å². The van der Waals surface area contributed by atoms with Crippen LogP contribution in [-0.4, -0.2) is 53.3 Å². The normalized spacial score (nSPS) is 15.1. The number of nitrogens with one attached hydrogen (secondary N) is 2. The van der Waals surface area contributed by atoms with E-state index in [0.717, 1.165) is 11.1 Å². The molecule has 0 aliphatic carbocycles. The summed E-state index contributed by atoms with van der Waals surface area (Å²) in [4.78, 5) is 41.4. The third kappa shape index (κ3) is 5.95. The number of nitrogens with two attached hydrogens (primary N) is 1. The monoisotopic (exact) mass is 499 g/mol. The molecular formula is C28H29N5O4. The van der Waals surface area contributed by atoms with Crippen molar-refractivity contribution in [2.24, 2.45) is 5.73 Å². The zero-order chi connectivity index (χ0) is 26.5. The molecule has 3 aromatic rings. The number of aliphatic carboxylic acids is 1. The summed E-state index contributed by atoms with van der Waals surface area (Å²) in [5.41, 5.74) is 9.56. The molecule has 0 radical (unpaired) electrons. The zero-order valence-corrected chi connectivity index (χ0v) is 20.5. The Hall–Kier alpha value is -4.66. The summed E-state index contributed by atoms with van der Waals surface area (Å²) in [7, 11) is 1.71. The number of hydrogen-bond acceptors (Lipinski definition) is 5. The molecule has 1 aliphatic rings. The fourth-order valence-electron chi connectivity index (χ4n) is 4.45. The number of likely N-dealkylation sites (N-methyl/N-ethyl adjacent to an activating group) is 1. The summed E-state index contributed by atoms with van der Waals surface area (Å²) < 4.78 is 0. The lowest BCUT2D eigenvalue weighted by Crippen LogP contribution is -2.46. The van der Waals surface area contributed by atoms with Gasteiger partial charge < -0.3 is 26.0 Å². The second kappa shape index (κ2) is 10.9. The number of benzene rings is 3. The van der Waals surface area contributed by atoms with Crippen LogP contribution < -0.4 is 16.0 Å². The van der Waals surface area contributed by atoms with E-state index in [-0.39, 0.29) is 30.6 Å². The van der Waals surface area contributed by atoms with Gasteiger partial charge >= 0.3 is 5.97 Å².